The summed E-state index contributed by atoms with van der Waals surface area (Å²) in [7, 11) is 3.37. The number of hydrogen-bond donors (Lipinski definition) is 1. The summed E-state index contributed by atoms with van der Waals surface area (Å²) in [5.74, 6) is 1.62. The Labute approximate surface area is 217 Å². The Morgan fingerprint density at radius 2 is 1.89 bits per heavy atom. The number of fused-ring (bicyclic) bond motifs is 6. The van der Waals surface area contributed by atoms with Gasteiger partial charge in [0, 0.05) is 23.9 Å². The summed E-state index contributed by atoms with van der Waals surface area (Å²) in [6.07, 6.45) is 3.67. The van der Waals surface area contributed by atoms with Gasteiger partial charge in [-0.25, -0.2) is 0 Å². The van der Waals surface area contributed by atoms with E-state index >= 15 is 0 Å². The van der Waals surface area contributed by atoms with Crippen LogP contribution < -0.4 is 18.9 Å². The van der Waals surface area contributed by atoms with Gasteiger partial charge in [-0.1, -0.05) is 23.1 Å². The third-order valence-corrected chi connectivity index (χ3v) is 10.4. The van der Waals surface area contributed by atoms with E-state index in [0.717, 1.165) is 72.1 Å². The van der Waals surface area contributed by atoms with E-state index in [1.54, 1.807) is 37.3 Å². The zero-order chi connectivity index (χ0) is 24.6. The third kappa shape index (κ3) is 3.10. The molecule has 8 heteroatoms. The van der Waals surface area contributed by atoms with Crippen LogP contribution in [0.5, 0.6) is 11.5 Å². The number of ether oxygens (including phenoxy) is 2. The molecule has 1 aliphatic carbocycles. The Bertz CT molecular complexity index is 1500. The first-order valence-corrected chi connectivity index (χ1v) is 14.1. The zero-order valence-corrected chi connectivity index (χ0v) is 21.9. The summed E-state index contributed by atoms with van der Waals surface area (Å²) >= 11 is 3.44. The summed E-state index contributed by atoms with van der Waals surface area (Å²) in [6, 6.07) is 12.3. The van der Waals surface area contributed by atoms with Crippen molar-refractivity contribution in [2.45, 2.75) is 43.0 Å². The molecule has 6 nitrogen and oxygen atoms in total. The first-order chi connectivity index (χ1) is 17.6. The van der Waals surface area contributed by atoms with Crippen LogP contribution in [0.1, 0.15) is 36.6 Å². The van der Waals surface area contributed by atoms with Crippen molar-refractivity contribution in [1.82, 2.24) is 0 Å². The Balaban J connectivity index is 1.26. The van der Waals surface area contributed by atoms with Crippen LogP contribution in [0.2, 0.25) is 0 Å². The van der Waals surface area contributed by atoms with E-state index < -0.39 is 5.92 Å². The number of nitrogens with zero attached hydrogens (tertiary/aromatic N) is 2. The fourth-order valence-electron chi connectivity index (χ4n) is 6.17. The number of allylic oxidation sites excluding steroid dienone is 3. The van der Waals surface area contributed by atoms with Gasteiger partial charge in [-0.05, 0) is 49.1 Å². The molecule has 2 aromatic carbocycles. The van der Waals surface area contributed by atoms with Gasteiger partial charge in [-0.3, -0.25) is 4.79 Å². The van der Waals surface area contributed by atoms with Gasteiger partial charge in [0.1, 0.15) is 28.5 Å². The van der Waals surface area contributed by atoms with E-state index in [1.165, 1.54) is 14.6 Å². The molecular formula is C28H27N2O4S2+. The van der Waals surface area contributed by atoms with Crippen molar-refractivity contribution in [2.24, 2.45) is 5.92 Å². The number of aliphatic hydroxyl groups is 1. The first-order valence-electron chi connectivity index (χ1n) is 12.4. The van der Waals surface area contributed by atoms with Crippen LogP contribution in [0.3, 0.4) is 0 Å². The number of carbonyl (C=O) groups excluding carboxylic acids is 1. The van der Waals surface area contributed by atoms with E-state index in [-0.39, 0.29) is 17.5 Å². The van der Waals surface area contributed by atoms with Crippen LogP contribution in [-0.2, 0) is 11.3 Å². The largest absolute Gasteiger partial charge is 0.511 e. The zero-order valence-electron chi connectivity index (χ0n) is 20.2. The molecule has 0 bridgehead atoms. The number of methoxy groups -OCH3 is 2. The van der Waals surface area contributed by atoms with E-state index in [2.05, 4.69) is 33.7 Å². The number of thioether (sulfide) groups is 1. The number of rotatable bonds is 4. The molecule has 0 radical (unpaired) electrons. The van der Waals surface area contributed by atoms with E-state index in [1.807, 2.05) is 12.1 Å². The van der Waals surface area contributed by atoms with Crippen molar-refractivity contribution in [3.8, 4) is 11.5 Å². The molecule has 2 unspecified atom stereocenters. The number of carbonyl (C=O) groups is 1. The minimum absolute atomic E-state index is 0.0152. The number of ketones is 1. The van der Waals surface area contributed by atoms with Gasteiger partial charge >= 0.3 is 0 Å². The lowest BCUT2D eigenvalue weighted by atomic mass is 9.69. The average molecular weight is 520 g/mol. The van der Waals surface area contributed by atoms with Gasteiger partial charge in [0.2, 0.25) is 10.5 Å². The smallest absolute Gasteiger partial charge is 0.242 e. The van der Waals surface area contributed by atoms with Gasteiger partial charge in [-0.15, -0.1) is 0 Å². The maximum atomic E-state index is 13.7. The number of Topliss-reactive ketones (excluding diaryl/α,β-unsaturated/α-hetero) is 1. The molecule has 36 heavy (non-hydrogen) atoms. The molecule has 1 N–H and O–H groups in total. The molecular weight excluding hydrogens is 492 g/mol. The van der Waals surface area contributed by atoms with Crippen molar-refractivity contribution < 1.29 is 23.9 Å². The lowest BCUT2D eigenvalue weighted by Gasteiger charge is -2.37. The predicted molar refractivity (Wildman–Crippen MR) is 141 cm³/mol. The van der Waals surface area contributed by atoms with Gasteiger partial charge < -0.3 is 19.5 Å². The van der Waals surface area contributed by atoms with Gasteiger partial charge in [0.15, 0.2) is 5.78 Å². The second kappa shape index (κ2) is 8.28. The van der Waals surface area contributed by atoms with Crippen molar-refractivity contribution in [3.63, 3.8) is 0 Å². The summed E-state index contributed by atoms with van der Waals surface area (Å²) in [5, 5.41) is 13.7. The van der Waals surface area contributed by atoms with Crippen LogP contribution in [0.4, 0.5) is 5.69 Å². The molecule has 0 spiro atoms. The summed E-state index contributed by atoms with van der Waals surface area (Å²) in [4.78, 5) is 17.2. The van der Waals surface area contributed by atoms with E-state index in [4.69, 9.17) is 9.47 Å². The molecule has 2 atom stereocenters. The molecule has 0 fully saturated rings. The van der Waals surface area contributed by atoms with Crippen molar-refractivity contribution >= 4 is 44.8 Å². The molecule has 0 amide bonds. The standard InChI is InChI=1S/C28H26N2O4S2/c1-33-15-7-9-21-19(13-15)29-11-3-5-17(27(29)35-21)23-25(31)24(26(23)32)18-6-4-12-30-20-14-16(34-2)8-10-22(20)36-28(18)30/h7-10,13-14,17,23H,3-6,11-12H2,1-2H3/p+1. The van der Waals surface area contributed by atoms with Crippen LogP contribution in [0.25, 0.3) is 10.2 Å². The van der Waals surface area contributed by atoms with Gasteiger partial charge in [0.25, 0.3) is 0 Å². The highest BCUT2D eigenvalue weighted by molar-refractivity contribution is 8.03. The average Bonchev–Trinajstić information content (AvgIpc) is 3.47. The topological polar surface area (TPSA) is 62.9 Å². The summed E-state index contributed by atoms with van der Waals surface area (Å²) < 4.78 is 14.4. The Kier molecular flexibility index (Phi) is 5.12. The fourth-order valence-corrected chi connectivity index (χ4v) is 8.75. The van der Waals surface area contributed by atoms with Gasteiger partial charge in [-0.2, -0.15) is 4.57 Å². The molecule has 7 rings (SSSR count). The highest BCUT2D eigenvalue weighted by Crippen LogP contribution is 2.55. The number of anilines is 1. The quantitative estimate of drug-likeness (QED) is 0.446. The Hall–Kier alpha value is -2.97. The number of aryl methyl sites for hydroxylation is 1. The highest BCUT2D eigenvalue weighted by Gasteiger charge is 2.51. The minimum atomic E-state index is -0.446. The third-order valence-electron chi connectivity index (χ3n) is 7.91. The fraction of sp³-hybridized carbons (Fsp3) is 0.357. The number of benzene rings is 2. The molecule has 4 heterocycles. The number of hydrogen-bond acceptors (Lipinski definition) is 7. The number of thiazole rings is 1. The monoisotopic (exact) mass is 519 g/mol. The number of aliphatic hydroxyl groups excluding tert-OH is 1. The molecule has 0 saturated heterocycles. The molecule has 3 aliphatic heterocycles. The molecule has 3 aromatic rings. The summed E-state index contributed by atoms with van der Waals surface area (Å²) in [6.45, 7) is 1.84. The van der Waals surface area contributed by atoms with Crippen LogP contribution in [0, 0.1) is 5.92 Å². The van der Waals surface area contributed by atoms with E-state index in [0.29, 0.717) is 5.57 Å². The number of aromatic nitrogens is 1. The predicted octanol–water partition coefficient (Wildman–Crippen LogP) is 5.71. The first kappa shape index (κ1) is 22.2. The van der Waals surface area contributed by atoms with Crippen LogP contribution in [0.15, 0.2) is 63.2 Å². The SMILES string of the molecule is COc1ccc2c(c1)N1CCCC(C3=C(O)C(C4CCC[n+]5c4sc4ccc(OC)cc45)C3=O)=C1S2. The lowest BCUT2D eigenvalue weighted by Crippen LogP contribution is -2.47. The second-order valence-corrected chi connectivity index (χ2v) is 11.8. The van der Waals surface area contributed by atoms with Crippen molar-refractivity contribution in [1.29, 1.82) is 0 Å². The molecule has 4 aliphatic rings. The second-order valence-electron chi connectivity index (χ2n) is 9.75. The summed E-state index contributed by atoms with van der Waals surface area (Å²) in [5.41, 5.74) is 3.85. The maximum Gasteiger partial charge on any atom is 0.242 e. The van der Waals surface area contributed by atoms with E-state index in [9.17, 15) is 9.90 Å². The molecule has 0 saturated carbocycles. The van der Waals surface area contributed by atoms with Crippen molar-refractivity contribution in [3.05, 3.63) is 63.3 Å². The van der Waals surface area contributed by atoms with Crippen molar-refractivity contribution in [2.75, 3.05) is 25.7 Å². The Morgan fingerprint density at radius 3 is 2.69 bits per heavy atom. The maximum absolute atomic E-state index is 13.7. The Morgan fingerprint density at radius 1 is 1.08 bits per heavy atom. The van der Waals surface area contributed by atoms with Crippen LogP contribution in [-0.4, -0.2) is 31.7 Å². The van der Waals surface area contributed by atoms with Gasteiger partial charge in [0.05, 0.1) is 48.4 Å². The van der Waals surface area contributed by atoms with Crippen LogP contribution >= 0.6 is 23.1 Å². The highest BCUT2D eigenvalue weighted by atomic mass is 32.2. The normalized spacial score (nSPS) is 22.9. The minimum Gasteiger partial charge on any atom is -0.511 e. The lowest BCUT2D eigenvalue weighted by molar-refractivity contribution is -0.682. The molecule has 184 valence electrons. The molecule has 1 aromatic heterocycles.